The van der Waals surface area contributed by atoms with Gasteiger partial charge >= 0.3 is 0 Å². The van der Waals surface area contributed by atoms with Crippen LogP contribution in [0.15, 0.2) is 18.2 Å². The summed E-state index contributed by atoms with van der Waals surface area (Å²) in [5.74, 6) is 0.968. The van der Waals surface area contributed by atoms with Gasteiger partial charge in [0.15, 0.2) is 0 Å². The molecule has 3 heteroatoms. The van der Waals surface area contributed by atoms with Gasteiger partial charge in [-0.3, -0.25) is 0 Å². The van der Waals surface area contributed by atoms with E-state index in [4.69, 9.17) is 0 Å². The van der Waals surface area contributed by atoms with E-state index in [-0.39, 0.29) is 0 Å². The lowest BCUT2D eigenvalue weighted by Crippen LogP contribution is -2.42. The molecule has 3 rings (SSSR count). The Morgan fingerprint density at radius 2 is 2.33 bits per heavy atom. The minimum atomic E-state index is 0.421. The average Bonchev–Trinajstić information content (AvgIpc) is 2.55. The SMILES string of the molecule is CN1c2c(O)cccc2C2CNCCC21. The van der Waals surface area contributed by atoms with Crippen molar-refractivity contribution in [1.29, 1.82) is 0 Å². The molecule has 0 spiro atoms. The second-order valence-electron chi connectivity index (χ2n) is 4.49. The highest BCUT2D eigenvalue weighted by Crippen LogP contribution is 2.46. The minimum absolute atomic E-state index is 0.421. The zero-order valence-corrected chi connectivity index (χ0v) is 8.90. The molecule has 2 aliphatic heterocycles. The monoisotopic (exact) mass is 204 g/mol. The van der Waals surface area contributed by atoms with Crippen LogP contribution in [0.4, 0.5) is 5.69 Å². The molecule has 1 aromatic carbocycles. The van der Waals surface area contributed by atoms with Gasteiger partial charge in [-0.25, -0.2) is 0 Å². The molecule has 0 amide bonds. The van der Waals surface area contributed by atoms with Gasteiger partial charge in [-0.05, 0) is 24.6 Å². The average molecular weight is 204 g/mol. The standard InChI is InChI=1S/C12H16N2O/c1-14-10-5-6-13-7-9(10)8-3-2-4-11(15)12(8)14/h2-4,9-10,13,15H,5-7H2,1H3. The second kappa shape index (κ2) is 3.14. The second-order valence-corrected chi connectivity index (χ2v) is 4.49. The molecule has 0 bridgehead atoms. The van der Waals surface area contributed by atoms with E-state index in [9.17, 15) is 5.11 Å². The van der Waals surface area contributed by atoms with Crippen LogP contribution in [0.3, 0.4) is 0 Å². The molecular formula is C12H16N2O. The van der Waals surface area contributed by atoms with Gasteiger partial charge in [0.2, 0.25) is 0 Å². The van der Waals surface area contributed by atoms with Crippen molar-refractivity contribution >= 4 is 5.69 Å². The van der Waals surface area contributed by atoms with Gasteiger partial charge in [-0.2, -0.15) is 0 Å². The number of aromatic hydroxyl groups is 1. The van der Waals surface area contributed by atoms with Crippen molar-refractivity contribution in [1.82, 2.24) is 5.32 Å². The smallest absolute Gasteiger partial charge is 0.139 e. The summed E-state index contributed by atoms with van der Waals surface area (Å²) < 4.78 is 0. The Morgan fingerprint density at radius 1 is 1.47 bits per heavy atom. The number of phenols is 1. The number of para-hydroxylation sites is 1. The topological polar surface area (TPSA) is 35.5 Å². The lowest BCUT2D eigenvalue weighted by atomic mass is 9.90. The Balaban J connectivity index is 2.11. The molecule has 0 aliphatic carbocycles. The Morgan fingerprint density at radius 3 is 3.20 bits per heavy atom. The Labute approximate surface area is 89.7 Å². The normalized spacial score (nSPS) is 28.7. The van der Waals surface area contributed by atoms with Gasteiger partial charge < -0.3 is 15.3 Å². The molecule has 2 heterocycles. The van der Waals surface area contributed by atoms with E-state index < -0.39 is 0 Å². The molecule has 1 fully saturated rings. The molecule has 3 nitrogen and oxygen atoms in total. The third-order valence-corrected chi connectivity index (χ3v) is 3.74. The summed E-state index contributed by atoms with van der Waals surface area (Å²) in [7, 11) is 2.09. The third kappa shape index (κ3) is 1.16. The number of anilines is 1. The van der Waals surface area contributed by atoms with Crippen molar-refractivity contribution in [3.63, 3.8) is 0 Å². The zero-order valence-electron chi connectivity index (χ0n) is 8.90. The number of piperidine rings is 1. The number of phenolic OH excluding ortho intramolecular Hbond substituents is 1. The number of rotatable bonds is 0. The molecule has 80 valence electrons. The van der Waals surface area contributed by atoms with E-state index in [1.165, 1.54) is 5.56 Å². The number of hydrogen-bond donors (Lipinski definition) is 2. The molecule has 1 aromatic rings. The van der Waals surface area contributed by atoms with Crippen LogP contribution in [-0.4, -0.2) is 31.3 Å². The quantitative estimate of drug-likeness (QED) is 0.668. The molecular weight excluding hydrogens is 188 g/mol. The number of fused-ring (bicyclic) bond motifs is 3. The van der Waals surface area contributed by atoms with Gasteiger partial charge in [0.25, 0.3) is 0 Å². The zero-order chi connectivity index (χ0) is 10.4. The van der Waals surface area contributed by atoms with Gasteiger partial charge in [-0.1, -0.05) is 12.1 Å². The van der Waals surface area contributed by atoms with E-state index in [0.717, 1.165) is 25.2 Å². The lowest BCUT2D eigenvalue weighted by Gasteiger charge is -2.31. The first-order valence-electron chi connectivity index (χ1n) is 5.54. The van der Waals surface area contributed by atoms with E-state index in [1.54, 1.807) is 6.07 Å². The third-order valence-electron chi connectivity index (χ3n) is 3.74. The summed E-state index contributed by atoms with van der Waals surface area (Å²) >= 11 is 0. The van der Waals surface area contributed by atoms with Crippen molar-refractivity contribution < 1.29 is 5.11 Å². The molecule has 1 saturated heterocycles. The van der Waals surface area contributed by atoms with Crippen LogP contribution in [0.2, 0.25) is 0 Å². The first-order chi connectivity index (χ1) is 7.29. The predicted octanol–water partition coefficient (Wildman–Crippen LogP) is 1.29. The summed E-state index contributed by atoms with van der Waals surface area (Å²) in [5, 5.41) is 13.3. The maximum absolute atomic E-state index is 9.89. The van der Waals surface area contributed by atoms with Crippen molar-refractivity contribution in [2.45, 2.75) is 18.4 Å². The summed E-state index contributed by atoms with van der Waals surface area (Å²) in [6.45, 7) is 2.12. The largest absolute Gasteiger partial charge is 0.506 e. The fraction of sp³-hybridized carbons (Fsp3) is 0.500. The van der Waals surface area contributed by atoms with Crippen molar-refractivity contribution in [2.75, 3.05) is 25.0 Å². The summed E-state index contributed by atoms with van der Waals surface area (Å²) in [6, 6.07) is 6.43. The molecule has 2 N–H and O–H groups in total. The number of hydrogen-bond acceptors (Lipinski definition) is 3. The molecule has 0 saturated carbocycles. The Bertz CT molecular complexity index is 391. The molecule has 2 atom stereocenters. The predicted molar refractivity (Wildman–Crippen MR) is 60.5 cm³/mol. The maximum atomic E-state index is 9.89. The number of benzene rings is 1. The first kappa shape index (κ1) is 9.04. The minimum Gasteiger partial charge on any atom is -0.506 e. The summed E-state index contributed by atoms with van der Waals surface area (Å²) in [6.07, 6.45) is 1.16. The highest BCUT2D eigenvalue weighted by atomic mass is 16.3. The lowest BCUT2D eigenvalue weighted by molar-refractivity contribution is 0.412. The van der Waals surface area contributed by atoms with Crippen LogP contribution in [0.1, 0.15) is 17.9 Å². The fourth-order valence-electron chi connectivity index (χ4n) is 3.02. The van der Waals surface area contributed by atoms with E-state index in [2.05, 4.69) is 23.3 Å². The summed E-state index contributed by atoms with van der Waals surface area (Å²) in [4.78, 5) is 2.25. The van der Waals surface area contributed by atoms with Crippen LogP contribution in [-0.2, 0) is 0 Å². The van der Waals surface area contributed by atoms with Crippen LogP contribution < -0.4 is 10.2 Å². The molecule has 15 heavy (non-hydrogen) atoms. The van der Waals surface area contributed by atoms with Gasteiger partial charge in [-0.15, -0.1) is 0 Å². The van der Waals surface area contributed by atoms with Crippen molar-refractivity contribution in [3.05, 3.63) is 23.8 Å². The maximum Gasteiger partial charge on any atom is 0.139 e. The van der Waals surface area contributed by atoms with Crippen molar-refractivity contribution in [3.8, 4) is 5.75 Å². The molecule has 0 aromatic heterocycles. The molecule has 2 unspecified atom stereocenters. The van der Waals surface area contributed by atoms with Crippen LogP contribution in [0.25, 0.3) is 0 Å². The first-order valence-corrected chi connectivity index (χ1v) is 5.54. The Hall–Kier alpha value is -1.22. The van der Waals surface area contributed by atoms with Gasteiger partial charge in [0, 0.05) is 25.6 Å². The van der Waals surface area contributed by atoms with E-state index in [0.29, 0.717) is 17.7 Å². The van der Waals surface area contributed by atoms with Crippen LogP contribution >= 0.6 is 0 Å². The van der Waals surface area contributed by atoms with E-state index >= 15 is 0 Å². The van der Waals surface area contributed by atoms with Crippen LogP contribution in [0.5, 0.6) is 5.75 Å². The van der Waals surface area contributed by atoms with Gasteiger partial charge in [0.05, 0.1) is 5.69 Å². The van der Waals surface area contributed by atoms with Crippen LogP contribution in [0, 0.1) is 0 Å². The molecule has 0 radical (unpaired) electrons. The Kier molecular flexibility index (Phi) is 1.89. The van der Waals surface area contributed by atoms with Crippen molar-refractivity contribution in [2.24, 2.45) is 0 Å². The highest BCUT2D eigenvalue weighted by Gasteiger charge is 2.39. The number of nitrogens with one attached hydrogen (secondary N) is 1. The van der Waals surface area contributed by atoms with E-state index in [1.807, 2.05) is 6.07 Å². The highest BCUT2D eigenvalue weighted by molar-refractivity contribution is 5.69. The summed E-state index contributed by atoms with van der Waals surface area (Å²) in [5.41, 5.74) is 2.34. The number of likely N-dealkylation sites (N-methyl/N-ethyl adjacent to an activating group) is 1. The number of nitrogens with zero attached hydrogens (tertiary/aromatic N) is 1. The van der Waals surface area contributed by atoms with Gasteiger partial charge in [0.1, 0.15) is 5.75 Å². The fourth-order valence-corrected chi connectivity index (χ4v) is 3.02. The molecule has 2 aliphatic rings.